The van der Waals surface area contributed by atoms with E-state index < -0.39 is 11.2 Å². The van der Waals surface area contributed by atoms with Gasteiger partial charge in [-0.3, -0.25) is 9.25 Å². The lowest BCUT2D eigenvalue weighted by Crippen LogP contribution is -1.98. The molecule has 1 atom stereocenters. The summed E-state index contributed by atoms with van der Waals surface area (Å²) in [5.41, 5.74) is 2.92. The second kappa shape index (κ2) is 5.30. The lowest BCUT2D eigenvalue weighted by atomic mass is 10.2. The zero-order valence-corrected chi connectivity index (χ0v) is 14.2. The largest absolute Gasteiger partial charge is 0.612 e. The van der Waals surface area contributed by atoms with E-state index in [1.54, 1.807) is 10.9 Å². The SMILES string of the molecule is Cn1cc2c3cc([S+](C)[O-])ccc3n(-c3ccc(Cl)cc3)c2n1. The molecule has 4 aromatic rings. The zero-order chi connectivity index (χ0) is 16.1. The predicted molar refractivity (Wildman–Crippen MR) is 94.9 cm³/mol. The van der Waals surface area contributed by atoms with Gasteiger partial charge in [0.25, 0.3) is 0 Å². The number of aromatic nitrogens is 3. The van der Waals surface area contributed by atoms with Crippen molar-refractivity contribution < 1.29 is 4.55 Å². The van der Waals surface area contributed by atoms with Gasteiger partial charge in [0, 0.05) is 40.8 Å². The van der Waals surface area contributed by atoms with E-state index in [2.05, 4.69) is 9.67 Å². The van der Waals surface area contributed by atoms with Gasteiger partial charge < -0.3 is 4.55 Å². The summed E-state index contributed by atoms with van der Waals surface area (Å²) in [6, 6.07) is 13.6. The molecule has 116 valence electrons. The summed E-state index contributed by atoms with van der Waals surface area (Å²) in [7, 11) is 1.90. The summed E-state index contributed by atoms with van der Waals surface area (Å²) in [5.74, 6) is 0. The Morgan fingerprint density at radius 1 is 1.09 bits per heavy atom. The minimum Gasteiger partial charge on any atom is -0.612 e. The number of aryl methyl sites for hydroxylation is 1. The number of halogens is 1. The van der Waals surface area contributed by atoms with Crippen LogP contribution in [-0.4, -0.2) is 25.2 Å². The second-order valence-electron chi connectivity index (χ2n) is 5.48. The number of rotatable bonds is 2. The van der Waals surface area contributed by atoms with Gasteiger partial charge >= 0.3 is 0 Å². The van der Waals surface area contributed by atoms with Crippen molar-refractivity contribution in [1.29, 1.82) is 0 Å². The average Bonchev–Trinajstić information content (AvgIpc) is 3.03. The highest BCUT2D eigenvalue weighted by Crippen LogP contribution is 2.32. The highest BCUT2D eigenvalue weighted by molar-refractivity contribution is 7.90. The number of hydrogen-bond donors (Lipinski definition) is 0. The fourth-order valence-corrected chi connectivity index (χ4v) is 3.57. The molecule has 0 aliphatic carbocycles. The summed E-state index contributed by atoms with van der Waals surface area (Å²) in [6.07, 6.45) is 3.68. The molecule has 6 heteroatoms. The van der Waals surface area contributed by atoms with Gasteiger partial charge in [-0.05, 0) is 47.6 Å². The maximum Gasteiger partial charge on any atom is 0.167 e. The van der Waals surface area contributed by atoms with Crippen molar-refractivity contribution in [2.75, 3.05) is 6.26 Å². The molecule has 0 amide bonds. The molecule has 2 aromatic heterocycles. The van der Waals surface area contributed by atoms with E-state index in [9.17, 15) is 4.55 Å². The minimum atomic E-state index is -1.01. The molecular formula is C17H14ClN3OS. The quantitative estimate of drug-likeness (QED) is 0.518. The molecule has 4 rings (SSSR count). The number of benzene rings is 2. The summed E-state index contributed by atoms with van der Waals surface area (Å²) >= 11 is 4.99. The second-order valence-corrected chi connectivity index (χ2v) is 7.30. The smallest absolute Gasteiger partial charge is 0.167 e. The van der Waals surface area contributed by atoms with Crippen LogP contribution in [0.25, 0.3) is 27.6 Å². The van der Waals surface area contributed by atoms with Crippen molar-refractivity contribution in [1.82, 2.24) is 14.3 Å². The van der Waals surface area contributed by atoms with Crippen LogP contribution in [0.2, 0.25) is 5.02 Å². The van der Waals surface area contributed by atoms with Crippen molar-refractivity contribution in [3.63, 3.8) is 0 Å². The van der Waals surface area contributed by atoms with E-state index in [0.29, 0.717) is 5.02 Å². The van der Waals surface area contributed by atoms with Gasteiger partial charge in [0.2, 0.25) is 0 Å². The molecule has 0 bridgehead atoms. The first kappa shape index (κ1) is 14.6. The molecule has 0 spiro atoms. The Morgan fingerprint density at radius 2 is 1.83 bits per heavy atom. The van der Waals surface area contributed by atoms with E-state index in [1.807, 2.05) is 55.7 Å². The molecule has 2 heterocycles. The normalized spacial score (nSPS) is 13.0. The van der Waals surface area contributed by atoms with E-state index in [4.69, 9.17) is 11.6 Å². The van der Waals surface area contributed by atoms with Crippen LogP contribution in [-0.2, 0) is 18.2 Å². The van der Waals surface area contributed by atoms with E-state index in [0.717, 1.165) is 32.5 Å². The van der Waals surface area contributed by atoms with E-state index >= 15 is 0 Å². The minimum absolute atomic E-state index is 0.700. The van der Waals surface area contributed by atoms with Crippen LogP contribution in [0.3, 0.4) is 0 Å². The maximum atomic E-state index is 11.8. The molecule has 0 aliphatic heterocycles. The van der Waals surface area contributed by atoms with Gasteiger partial charge in [-0.1, -0.05) is 11.6 Å². The highest BCUT2D eigenvalue weighted by atomic mass is 35.5. The molecule has 0 saturated heterocycles. The number of nitrogens with zero attached hydrogens (tertiary/aromatic N) is 3. The molecule has 2 aromatic carbocycles. The van der Waals surface area contributed by atoms with Crippen molar-refractivity contribution in [2.45, 2.75) is 4.90 Å². The van der Waals surface area contributed by atoms with Gasteiger partial charge in [0.05, 0.1) is 5.52 Å². The number of hydrogen-bond acceptors (Lipinski definition) is 2. The topological polar surface area (TPSA) is 45.8 Å². The van der Waals surface area contributed by atoms with Crippen molar-refractivity contribution in [3.8, 4) is 5.69 Å². The van der Waals surface area contributed by atoms with Gasteiger partial charge in [-0.25, -0.2) is 0 Å². The summed E-state index contributed by atoms with van der Waals surface area (Å²) in [6.45, 7) is 0. The van der Waals surface area contributed by atoms with E-state index in [1.165, 1.54) is 0 Å². The fraction of sp³-hybridized carbons (Fsp3) is 0.118. The molecule has 0 saturated carbocycles. The first-order valence-electron chi connectivity index (χ1n) is 7.12. The van der Waals surface area contributed by atoms with Gasteiger partial charge in [-0.2, -0.15) is 5.10 Å². The maximum absolute atomic E-state index is 11.8. The Hall–Kier alpha value is -1.95. The average molecular weight is 344 g/mol. The Labute approximate surface area is 141 Å². The lowest BCUT2D eigenvalue weighted by Gasteiger charge is -2.08. The van der Waals surface area contributed by atoms with Crippen LogP contribution in [0.5, 0.6) is 0 Å². The number of fused-ring (bicyclic) bond motifs is 3. The van der Waals surface area contributed by atoms with Crippen molar-refractivity contribution in [2.24, 2.45) is 7.05 Å². The van der Waals surface area contributed by atoms with Crippen LogP contribution in [0.1, 0.15) is 0 Å². The third-order valence-corrected chi connectivity index (χ3v) is 5.11. The molecule has 0 aliphatic rings. The van der Waals surface area contributed by atoms with Crippen molar-refractivity contribution in [3.05, 3.63) is 53.7 Å². The first-order valence-corrected chi connectivity index (χ1v) is 9.05. The molecule has 1 unspecified atom stereocenters. The molecular weight excluding hydrogens is 330 g/mol. The van der Waals surface area contributed by atoms with Crippen LogP contribution < -0.4 is 0 Å². The van der Waals surface area contributed by atoms with E-state index in [-0.39, 0.29) is 0 Å². The Balaban J connectivity index is 2.10. The van der Waals surface area contributed by atoms with Crippen molar-refractivity contribution >= 4 is 44.7 Å². The molecule has 0 N–H and O–H groups in total. The Morgan fingerprint density at radius 3 is 2.52 bits per heavy atom. The third-order valence-electron chi connectivity index (χ3n) is 3.94. The lowest BCUT2D eigenvalue weighted by molar-refractivity contribution is 0.601. The van der Waals surface area contributed by atoms with Crippen LogP contribution in [0, 0.1) is 0 Å². The van der Waals surface area contributed by atoms with Crippen LogP contribution in [0.4, 0.5) is 0 Å². The van der Waals surface area contributed by atoms with Gasteiger partial charge in [-0.15, -0.1) is 0 Å². The predicted octanol–water partition coefficient (Wildman–Crippen LogP) is 3.91. The summed E-state index contributed by atoms with van der Waals surface area (Å²) in [4.78, 5) is 0.816. The van der Waals surface area contributed by atoms with Crippen LogP contribution in [0.15, 0.2) is 53.6 Å². The molecule has 4 nitrogen and oxygen atoms in total. The highest BCUT2D eigenvalue weighted by Gasteiger charge is 2.17. The summed E-state index contributed by atoms with van der Waals surface area (Å²) < 4.78 is 15.7. The van der Waals surface area contributed by atoms with Gasteiger partial charge in [0.1, 0.15) is 6.26 Å². The monoisotopic (exact) mass is 343 g/mol. The molecule has 0 radical (unpaired) electrons. The third kappa shape index (κ3) is 2.32. The fourth-order valence-electron chi connectivity index (χ4n) is 2.90. The first-order chi connectivity index (χ1) is 11.0. The zero-order valence-electron chi connectivity index (χ0n) is 12.7. The van der Waals surface area contributed by atoms with Crippen LogP contribution >= 0.6 is 11.6 Å². The Bertz CT molecular complexity index is 1020. The molecule has 23 heavy (non-hydrogen) atoms. The molecule has 0 fully saturated rings. The standard InChI is InChI=1S/C17H14ClN3OS/c1-20-10-15-14-9-13(23(2)22)7-8-16(14)21(17(15)19-20)12-5-3-11(18)4-6-12/h3-10H,1-2H3. The Kier molecular flexibility index (Phi) is 3.37. The summed E-state index contributed by atoms with van der Waals surface area (Å²) in [5, 5.41) is 7.39. The van der Waals surface area contributed by atoms with Gasteiger partial charge in [0.15, 0.2) is 10.5 Å².